The molecule has 0 aliphatic heterocycles. The van der Waals surface area contributed by atoms with Crippen molar-refractivity contribution in [3.8, 4) is 0 Å². The van der Waals surface area contributed by atoms with Crippen molar-refractivity contribution in [2.45, 2.75) is 81.1 Å². The van der Waals surface area contributed by atoms with E-state index < -0.39 is 34.4 Å². The molecule has 0 aliphatic rings. The Hall–Kier alpha value is -5.95. The molecule has 52 heavy (non-hydrogen) atoms. The molecule has 4 rings (SSSR count). The van der Waals surface area contributed by atoms with Crippen LogP contribution in [0.15, 0.2) is 79.1 Å². The third kappa shape index (κ3) is 24.2. The Labute approximate surface area is 305 Å². The fraction of sp³-hybridized carbons (Fsp3) is 0.308. The number of nitrogens with zero attached hydrogens (tertiary/aromatic N) is 9. The average molecular weight is 720 g/mol. The Morgan fingerprint density at radius 2 is 0.846 bits per heavy atom. The molecule has 0 saturated heterocycles. The highest BCUT2D eigenvalue weighted by Gasteiger charge is 2.25. The van der Waals surface area contributed by atoms with Crippen molar-refractivity contribution in [1.29, 1.82) is 0 Å². The monoisotopic (exact) mass is 719 g/mol. The van der Waals surface area contributed by atoms with Crippen LogP contribution < -0.4 is 0 Å². The van der Waals surface area contributed by atoms with Crippen LogP contribution in [0.25, 0.3) is 22.1 Å². The first-order valence-corrected chi connectivity index (χ1v) is 16.5. The lowest BCUT2D eigenvalue weighted by Crippen LogP contribution is -2.07. The van der Waals surface area contributed by atoms with Gasteiger partial charge in [-0.15, -0.1) is 0 Å². The van der Waals surface area contributed by atoms with Crippen LogP contribution in [0.3, 0.4) is 0 Å². The SMILES string of the molecule is CCC.CCC.CCC.CCc1c(F)c(F)c(C=[N+]=[N-])c(F)c1F.Cc1ccc(C=[N+]=[N-])cc1.[N-]=[N+]=Cc1ccccc1.[N-]=[N+]=Cc1ccncc1. The van der Waals surface area contributed by atoms with Gasteiger partial charge in [0, 0.05) is 18.0 Å². The molecule has 0 saturated carbocycles. The normalized spacial score (nSPS) is 8.31. The number of aromatic nitrogens is 1. The first-order chi connectivity index (χ1) is 25.0. The summed E-state index contributed by atoms with van der Waals surface area (Å²) >= 11 is 0. The molecule has 1 aromatic heterocycles. The number of pyridine rings is 1. The first-order valence-electron chi connectivity index (χ1n) is 16.5. The molecule has 3 aromatic carbocycles. The zero-order chi connectivity index (χ0) is 40.2. The zero-order valence-corrected chi connectivity index (χ0v) is 31.2. The number of aryl methyl sites for hydroxylation is 1. The summed E-state index contributed by atoms with van der Waals surface area (Å²) in [6, 6.07) is 20.6. The van der Waals surface area contributed by atoms with Gasteiger partial charge in [0.2, 0.25) is 0 Å². The van der Waals surface area contributed by atoms with Gasteiger partial charge in [0.05, 0.1) is 16.7 Å². The van der Waals surface area contributed by atoms with Crippen LogP contribution in [-0.2, 0) is 6.42 Å². The fourth-order valence-corrected chi connectivity index (χ4v) is 3.02. The molecule has 4 aromatic rings. The molecular weight excluding hydrogens is 670 g/mol. The van der Waals surface area contributed by atoms with Crippen LogP contribution in [0.4, 0.5) is 17.6 Å². The molecule has 1 heterocycles. The Morgan fingerprint density at radius 1 is 0.500 bits per heavy atom. The van der Waals surface area contributed by atoms with Crippen molar-refractivity contribution in [3.63, 3.8) is 0 Å². The summed E-state index contributed by atoms with van der Waals surface area (Å²) in [6.45, 7) is 16.1. The second-order valence-corrected chi connectivity index (χ2v) is 10.2. The van der Waals surface area contributed by atoms with Crippen LogP contribution >= 0.6 is 0 Å². The maximum Gasteiger partial charge on any atom is 0.293 e. The molecule has 0 N–H and O–H groups in total. The van der Waals surface area contributed by atoms with Crippen LogP contribution in [0.2, 0.25) is 0 Å². The van der Waals surface area contributed by atoms with Crippen molar-refractivity contribution < 1.29 is 36.7 Å². The summed E-state index contributed by atoms with van der Waals surface area (Å²) in [7, 11) is 0. The van der Waals surface area contributed by atoms with Crippen LogP contribution in [0.5, 0.6) is 0 Å². The quantitative estimate of drug-likeness (QED) is 0.0649. The van der Waals surface area contributed by atoms with Crippen molar-refractivity contribution in [3.05, 3.63) is 158 Å². The van der Waals surface area contributed by atoms with E-state index in [0.29, 0.717) is 6.21 Å². The van der Waals surface area contributed by atoms with Gasteiger partial charge in [-0.05, 0) is 49.7 Å². The lowest BCUT2D eigenvalue weighted by Gasteiger charge is -2.05. The predicted octanol–water partition coefficient (Wildman–Crippen LogP) is 10.4. The molecule has 0 spiro atoms. The van der Waals surface area contributed by atoms with E-state index in [1.807, 2.05) is 61.5 Å². The number of benzene rings is 3. The van der Waals surface area contributed by atoms with Crippen LogP contribution in [0.1, 0.15) is 101 Å². The number of rotatable bonds is 5. The standard InChI is InChI=1S/C9H6F4N2.C8H8N2.C7H6N2.C6H5N3.3C3H8/c1-2-4-6(10)8(12)5(3-15-14)9(13)7(4)11;1-7-2-4-8(5-3-7)6-10-9;8-9-6-7-4-2-1-3-5-7;7-9-5-6-1-3-8-4-2-6;3*1-3-2/h3H,2H2,1H3;2-6H,1H3;1-6H;1-5H;3*3H2,1-2H3. The summed E-state index contributed by atoms with van der Waals surface area (Å²) in [5, 5.41) is 0. The molecule has 0 aliphatic carbocycles. The molecule has 0 radical (unpaired) electrons. The van der Waals surface area contributed by atoms with Crippen molar-refractivity contribution in [2.75, 3.05) is 0 Å². The molecular formula is C39H49F4N9. The second-order valence-electron chi connectivity index (χ2n) is 10.2. The second kappa shape index (κ2) is 34.9. The van der Waals surface area contributed by atoms with Crippen molar-refractivity contribution >= 4 is 24.9 Å². The van der Waals surface area contributed by atoms with E-state index in [1.54, 1.807) is 24.5 Å². The van der Waals surface area contributed by atoms with E-state index in [0.717, 1.165) is 16.7 Å². The van der Waals surface area contributed by atoms with Gasteiger partial charge in [0.15, 0.2) is 23.3 Å². The lowest BCUT2D eigenvalue weighted by molar-refractivity contribution is 0.00368. The van der Waals surface area contributed by atoms with E-state index in [2.05, 4.69) is 65.7 Å². The van der Waals surface area contributed by atoms with Gasteiger partial charge in [-0.3, -0.25) is 4.98 Å². The van der Waals surface area contributed by atoms with E-state index in [-0.39, 0.29) is 6.42 Å². The number of hydrogen-bond acceptors (Lipinski definition) is 1. The van der Waals surface area contributed by atoms with Gasteiger partial charge in [0.1, 0.15) is 5.56 Å². The molecule has 0 unspecified atom stereocenters. The predicted molar refractivity (Wildman–Crippen MR) is 201 cm³/mol. The zero-order valence-electron chi connectivity index (χ0n) is 31.2. The topological polar surface area (TPSA) is 158 Å². The minimum atomic E-state index is -1.57. The maximum absolute atomic E-state index is 13.1. The third-order valence-corrected chi connectivity index (χ3v) is 5.13. The van der Waals surface area contributed by atoms with Crippen molar-refractivity contribution in [2.24, 2.45) is 0 Å². The lowest BCUT2D eigenvalue weighted by atomic mass is 10.1. The molecule has 0 amide bonds. The largest absolute Gasteiger partial charge is 0.361 e. The van der Waals surface area contributed by atoms with Gasteiger partial charge in [-0.1, -0.05) is 104 Å². The van der Waals surface area contributed by atoms with Gasteiger partial charge in [-0.25, -0.2) is 17.6 Å². The molecule has 0 atom stereocenters. The minimum Gasteiger partial charge on any atom is -0.361 e. The first kappa shape index (κ1) is 50.4. The maximum atomic E-state index is 13.1. The van der Waals surface area contributed by atoms with E-state index in [1.165, 1.54) is 50.4 Å². The van der Waals surface area contributed by atoms with Gasteiger partial charge in [0.25, 0.3) is 24.9 Å². The Kier molecular flexibility index (Phi) is 33.8. The third-order valence-electron chi connectivity index (χ3n) is 5.13. The molecule has 13 heteroatoms. The van der Waals surface area contributed by atoms with E-state index in [9.17, 15) is 17.6 Å². The summed E-state index contributed by atoms with van der Waals surface area (Å²) < 4.78 is 52.4. The highest BCUT2D eigenvalue weighted by molar-refractivity contribution is 5.76. The van der Waals surface area contributed by atoms with Crippen LogP contribution in [0, 0.1) is 30.2 Å². The van der Waals surface area contributed by atoms with Crippen LogP contribution in [-0.4, -0.2) is 49.0 Å². The van der Waals surface area contributed by atoms with Gasteiger partial charge in [-0.2, -0.15) is 19.2 Å². The molecule has 0 bridgehead atoms. The van der Waals surface area contributed by atoms with Gasteiger partial charge < -0.3 is 22.1 Å². The number of halogens is 4. The summed E-state index contributed by atoms with van der Waals surface area (Å²) in [5.74, 6) is -6.07. The Balaban J connectivity index is -0.000000580. The van der Waals surface area contributed by atoms with E-state index in [4.69, 9.17) is 22.1 Å². The summed E-state index contributed by atoms with van der Waals surface area (Å²) in [4.78, 5) is 14.8. The molecule has 278 valence electrons. The summed E-state index contributed by atoms with van der Waals surface area (Å²) in [6.07, 6.45) is 11.3. The summed E-state index contributed by atoms with van der Waals surface area (Å²) in [5.41, 5.74) is 34.5. The molecule has 0 fully saturated rings. The minimum absolute atomic E-state index is 0.179. The molecule has 9 nitrogen and oxygen atoms in total. The highest BCUT2D eigenvalue weighted by atomic mass is 19.2. The van der Waals surface area contributed by atoms with Gasteiger partial charge >= 0.3 is 0 Å². The van der Waals surface area contributed by atoms with E-state index >= 15 is 0 Å². The average Bonchev–Trinajstić information content (AvgIpc) is 3.14. The Bertz CT molecular complexity index is 1620. The highest BCUT2D eigenvalue weighted by Crippen LogP contribution is 2.23. The van der Waals surface area contributed by atoms with Crippen molar-refractivity contribution in [1.82, 2.24) is 4.98 Å². The Morgan fingerprint density at radius 3 is 1.19 bits per heavy atom. The smallest absolute Gasteiger partial charge is 0.293 e. The number of hydrogen-bond donors (Lipinski definition) is 0. The fourth-order valence-electron chi connectivity index (χ4n) is 3.02.